The Balaban J connectivity index is 2.34. The summed E-state index contributed by atoms with van der Waals surface area (Å²) in [6.45, 7) is 9.39. The molecule has 0 aliphatic rings. The maximum atomic E-state index is 12.9. The minimum atomic E-state index is -3.47. The van der Waals surface area contributed by atoms with E-state index in [0.29, 0.717) is 5.56 Å². The third-order valence-electron chi connectivity index (χ3n) is 3.78. The molecule has 1 aromatic heterocycles. The number of hydrogen-bond donors (Lipinski definition) is 1. The molecule has 1 heterocycles. The Labute approximate surface area is 172 Å². The van der Waals surface area contributed by atoms with Gasteiger partial charge >= 0.3 is 13.7 Å². The van der Waals surface area contributed by atoms with Crippen molar-refractivity contribution in [1.29, 1.82) is 0 Å². The van der Waals surface area contributed by atoms with Gasteiger partial charge in [0.1, 0.15) is 5.60 Å². The number of ether oxygens (including phenoxy) is 1. The largest absolute Gasteiger partial charge is 0.444 e. The SMILES string of the molecule is CCOP(=O)(OCC)c1ccc(C(NC(=O)OC(C)(C)C)c2ccccc2)cn1. The van der Waals surface area contributed by atoms with Crippen LogP contribution in [-0.2, 0) is 18.3 Å². The quantitative estimate of drug-likeness (QED) is 0.629. The van der Waals surface area contributed by atoms with Gasteiger partial charge < -0.3 is 19.1 Å². The summed E-state index contributed by atoms with van der Waals surface area (Å²) in [5, 5.41) is 2.88. The third-order valence-corrected chi connectivity index (χ3v) is 5.80. The van der Waals surface area contributed by atoms with E-state index in [1.54, 1.807) is 52.9 Å². The number of alkyl carbamates (subject to hydrolysis) is 1. The van der Waals surface area contributed by atoms with Gasteiger partial charge in [-0.3, -0.25) is 4.57 Å². The summed E-state index contributed by atoms with van der Waals surface area (Å²) >= 11 is 0. The molecule has 0 saturated carbocycles. The summed E-state index contributed by atoms with van der Waals surface area (Å²) in [7, 11) is -3.47. The third kappa shape index (κ3) is 6.67. The van der Waals surface area contributed by atoms with Crippen molar-refractivity contribution < 1.29 is 23.1 Å². The lowest BCUT2D eigenvalue weighted by Crippen LogP contribution is -2.35. The zero-order chi connectivity index (χ0) is 21.5. The van der Waals surface area contributed by atoms with Crippen LogP contribution in [0.15, 0.2) is 48.7 Å². The Bertz CT molecular complexity index is 824. The lowest BCUT2D eigenvalue weighted by Gasteiger charge is -2.24. The van der Waals surface area contributed by atoms with Crippen LogP contribution in [-0.4, -0.2) is 29.9 Å². The molecule has 7 nitrogen and oxygen atoms in total. The predicted octanol–water partition coefficient (Wildman–Crippen LogP) is 4.59. The monoisotopic (exact) mass is 420 g/mol. The average molecular weight is 420 g/mol. The Morgan fingerprint density at radius 1 is 1.03 bits per heavy atom. The maximum Gasteiger partial charge on any atom is 0.408 e. The Hall–Kier alpha value is -2.21. The maximum absolute atomic E-state index is 12.9. The van der Waals surface area contributed by atoms with Gasteiger partial charge in [-0.05, 0) is 51.8 Å². The first kappa shape index (κ1) is 23.1. The summed E-state index contributed by atoms with van der Waals surface area (Å²) < 4.78 is 29.0. The Morgan fingerprint density at radius 2 is 1.66 bits per heavy atom. The van der Waals surface area contributed by atoms with Crippen LogP contribution < -0.4 is 10.8 Å². The average Bonchev–Trinajstić information content (AvgIpc) is 2.66. The van der Waals surface area contributed by atoms with Crippen molar-refractivity contribution in [1.82, 2.24) is 10.3 Å². The van der Waals surface area contributed by atoms with Crippen molar-refractivity contribution in [2.24, 2.45) is 0 Å². The fourth-order valence-electron chi connectivity index (χ4n) is 2.67. The second kappa shape index (κ2) is 10.0. The molecule has 158 valence electrons. The lowest BCUT2D eigenvalue weighted by atomic mass is 10.0. The summed E-state index contributed by atoms with van der Waals surface area (Å²) in [6, 6.07) is 12.4. The van der Waals surface area contributed by atoms with E-state index in [0.717, 1.165) is 5.56 Å². The smallest absolute Gasteiger partial charge is 0.408 e. The molecule has 0 saturated heterocycles. The van der Waals surface area contributed by atoms with E-state index in [9.17, 15) is 9.36 Å². The van der Waals surface area contributed by atoms with E-state index >= 15 is 0 Å². The van der Waals surface area contributed by atoms with Gasteiger partial charge in [-0.25, -0.2) is 9.78 Å². The molecule has 0 aliphatic carbocycles. The minimum absolute atomic E-state index is 0.231. The summed E-state index contributed by atoms with van der Waals surface area (Å²) in [4.78, 5) is 16.7. The molecule has 0 fully saturated rings. The van der Waals surface area contributed by atoms with Crippen LogP contribution in [0.4, 0.5) is 4.79 Å². The molecule has 0 radical (unpaired) electrons. The topological polar surface area (TPSA) is 86.8 Å². The number of hydrogen-bond acceptors (Lipinski definition) is 6. The van der Waals surface area contributed by atoms with Crippen LogP contribution >= 0.6 is 7.60 Å². The van der Waals surface area contributed by atoms with E-state index in [2.05, 4.69) is 10.3 Å². The van der Waals surface area contributed by atoms with E-state index in [4.69, 9.17) is 13.8 Å². The van der Waals surface area contributed by atoms with Crippen LogP contribution in [0.5, 0.6) is 0 Å². The van der Waals surface area contributed by atoms with Crippen molar-refractivity contribution >= 4 is 19.1 Å². The van der Waals surface area contributed by atoms with E-state index in [-0.39, 0.29) is 18.6 Å². The number of carbonyl (C=O) groups excluding carboxylic acids is 1. The Kier molecular flexibility index (Phi) is 7.96. The predicted molar refractivity (Wildman–Crippen MR) is 112 cm³/mol. The van der Waals surface area contributed by atoms with Crippen molar-refractivity contribution in [2.45, 2.75) is 46.3 Å². The van der Waals surface area contributed by atoms with Crippen molar-refractivity contribution in [3.63, 3.8) is 0 Å². The van der Waals surface area contributed by atoms with Gasteiger partial charge in [-0.15, -0.1) is 0 Å². The van der Waals surface area contributed by atoms with Gasteiger partial charge in [0, 0.05) is 6.20 Å². The molecule has 0 bridgehead atoms. The fraction of sp³-hybridized carbons (Fsp3) is 0.429. The number of carbonyl (C=O) groups is 1. The first-order valence-corrected chi connectivity index (χ1v) is 11.1. The summed E-state index contributed by atoms with van der Waals surface area (Å²) in [6.07, 6.45) is 1.03. The molecule has 1 aromatic carbocycles. The number of nitrogens with zero attached hydrogens (tertiary/aromatic N) is 1. The molecular formula is C21H29N2O5P. The van der Waals surface area contributed by atoms with Gasteiger partial charge in [0.15, 0.2) is 5.44 Å². The zero-order valence-corrected chi connectivity index (χ0v) is 18.4. The highest BCUT2D eigenvalue weighted by Crippen LogP contribution is 2.46. The van der Waals surface area contributed by atoms with E-state index in [1.165, 1.54) is 0 Å². The van der Waals surface area contributed by atoms with Crippen molar-refractivity contribution in [3.8, 4) is 0 Å². The highest BCUT2D eigenvalue weighted by molar-refractivity contribution is 7.61. The van der Waals surface area contributed by atoms with Gasteiger partial charge in [0.25, 0.3) is 0 Å². The number of nitrogens with one attached hydrogen (secondary N) is 1. The molecule has 0 spiro atoms. The van der Waals surface area contributed by atoms with Crippen LogP contribution in [0.25, 0.3) is 0 Å². The minimum Gasteiger partial charge on any atom is -0.444 e. The lowest BCUT2D eigenvalue weighted by molar-refractivity contribution is 0.0512. The van der Waals surface area contributed by atoms with Gasteiger partial charge in [0.2, 0.25) is 0 Å². The van der Waals surface area contributed by atoms with Gasteiger partial charge in [0.05, 0.1) is 19.3 Å². The number of aromatic nitrogens is 1. The highest BCUT2D eigenvalue weighted by Gasteiger charge is 2.29. The highest BCUT2D eigenvalue weighted by atomic mass is 31.2. The molecule has 1 N–H and O–H groups in total. The summed E-state index contributed by atoms with van der Waals surface area (Å²) in [5.74, 6) is 0. The molecule has 1 atom stereocenters. The number of pyridine rings is 1. The number of benzene rings is 1. The van der Waals surface area contributed by atoms with Crippen molar-refractivity contribution in [2.75, 3.05) is 13.2 Å². The van der Waals surface area contributed by atoms with Gasteiger partial charge in [-0.2, -0.15) is 0 Å². The van der Waals surface area contributed by atoms with Crippen LogP contribution in [0.3, 0.4) is 0 Å². The molecule has 1 unspecified atom stereocenters. The van der Waals surface area contributed by atoms with Crippen LogP contribution in [0, 0.1) is 0 Å². The van der Waals surface area contributed by atoms with E-state index in [1.807, 2.05) is 30.3 Å². The Morgan fingerprint density at radius 3 is 2.14 bits per heavy atom. The first-order valence-electron chi connectivity index (χ1n) is 9.58. The molecule has 29 heavy (non-hydrogen) atoms. The first-order chi connectivity index (χ1) is 13.7. The molecule has 0 aliphatic heterocycles. The molecular weight excluding hydrogens is 391 g/mol. The number of amides is 1. The van der Waals surface area contributed by atoms with E-state index < -0.39 is 25.3 Å². The number of rotatable bonds is 8. The molecule has 1 amide bonds. The molecule has 2 aromatic rings. The fourth-order valence-corrected chi connectivity index (χ4v) is 4.14. The normalized spacial score (nSPS) is 13.0. The molecule has 2 rings (SSSR count). The summed E-state index contributed by atoms with van der Waals surface area (Å²) in [5.41, 5.74) is 1.19. The van der Waals surface area contributed by atoms with Gasteiger partial charge in [-0.1, -0.05) is 36.4 Å². The zero-order valence-electron chi connectivity index (χ0n) is 17.5. The second-order valence-corrected chi connectivity index (χ2v) is 9.24. The molecule has 8 heteroatoms. The van der Waals surface area contributed by atoms with Crippen LogP contribution in [0.1, 0.15) is 51.8 Å². The van der Waals surface area contributed by atoms with Crippen molar-refractivity contribution in [3.05, 3.63) is 59.8 Å². The second-order valence-electron chi connectivity index (χ2n) is 7.27. The van der Waals surface area contributed by atoms with Crippen LogP contribution in [0.2, 0.25) is 0 Å². The standard InChI is InChI=1S/C21H29N2O5P/c1-6-26-29(25,27-7-2)18-14-13-17(15-22-18)19(16-11-9-8-10-12-16)23-20(24)28-21(3,4)5/h8-15,19H,6-7H2,1-5H3,(H,23,24).